The summed E-state index contributed by atoms with van der Waals surface area (Å²) in [6.07, 6.45) is -0.232. The zero-order valence-electron chi connectivity index (χ0n) is 19.8. The number of anilines is 1. The van der Waals surface area contributed by atoms with E-state index in [1.54, 1.807) is 12.1 Å². The van der Waals surface area contributed by atoms with Crippen LogP contribution in [-0.4, -0.2) is 22.2 Å². The van der Waals surface area contributed by atoms with Crippen molar-refractivity contribution in [3.63, 3.8) is 0 Å². The Morgan fingerprint density at radius 3 is 1.74 bits per heavy atom. The number of rotatable bonds is 8. The van der Waals surface area contributed by atoms with Gasteiger partial charge in [-0.2, -0.15) is 5.26 Å². The molecule has 0 saturated carbocycles. The molecule has 0 bridgehead atoms. The van der Waals surface area contributed by atoms with Crippen molar-refractivity contribution in [2.75, 3.05) is 5.73 Å². The fourth-order valence-corrected chi connectivity index (χ4v) is 7.81. The Morgan fingerprint density at radius 2 is 1.24 bits per heavy atom. The molecule has 0 saturated heterocycles. The van der Waals surface area contributed by atoms with Crippen molar-refractivity contribution in [3.05, 3.63) is 89.5 Å². The maximum Gasteiger partial charge on any atom is 0.307 e. The molecule has 9 heteroatoms. The van der Waals surface area contributed by atoms with Crippen LogP contribution in [0.25, 0.3) is 40.4 Å². The molecule has 188 valence electrons. The van der Waals surface area contributed by atoms with Gasteiger partial charge in [0.2, 0.25) is 0 Å². The molecule has 0 radical (unpaired) electrons. The van der Waals surface area contributed by atoms with E-state index in [1.807, 2.05) is 60.7 Å². The fraction of sp³-hybridized carbons (Fsp3) is 0.0690. The van der Waals surface area contributed by atoms with Gasteiger partial charge in [-0.3, -0.25) is 9.59 Å². The van der Waals surface area contributed by atoms with Crippen molar-refractivity contribution >= 4 is 51.6 Å². The minimum Gasteiger partial charge on any atom is -0.481 e. The molecule has 38 heavy (non-hydrogen) atoms. The maximum absolute atomic E-state index is 11.6. The van der Waals surface area contributed by atoms with E-state index >= 15 is 0 Å². The Labute approximate surface area is 230 Å². The first kappa shape index (κ1) is 25.4. The molecule has 0 spiro atoms. The molecular formula is C29H20N2O4S3. The van der Waals surface area contributed by atoms with Crippen LogP contribution < -0.4 is 5.73 Å². The summed E-state index contributed by atoms with van der Waals surface area (Å²) >= 11 is 4.51. The van der Waals surface area contributed by atoms with E-state index in [0.29, 0.717) is 16.8 Å². The molecule has 2 aromatic carbocycles. The van der Waals surface area contributed by atoms with Gasteiger partial charge in [0.1, 0.15) is 0 Å². The summed E-state index contributed by atoms with van der Waals surface area (Å²) in [4.78, 5) is 28.6. The lowest BCUT2D eigenvalue weighted by Gasteiger charge is -2.00. The van der Waals surface area contributed by atoms with Gasteiger partial charge in [0.15, 0.2) is 0 Å². The van der Waals surface area contributed by atoms with Crippen LogP contribution in [0.2, 0.25) is 0 Å². The highest BCUT2D eigenvalue weighted by Crippen LogP contribution is 2.46. The minimum absolute atomic E-state index is 0.107. The van der Waals surface area contributed by atoms with E-state index in [1.165, 1.54) is 34.0 Å². The average molecular weight is 557 g/mol. The predicted molar refractivity (Wildman–Crippen MR) is 154 cm³/mol. The lowest BCUT2D eigenvalue weighted by atomic mass is 10.1. The van der Waals surface area contributed by atoms with Gasteiger partial charge in [0.25, 0.3) is 0 Å². The van der Waals surface area contributed by atoms with E-state index < -0.39 is 11.9 Å². The third-order valence-electron chi connectivity index (χ3n) is 5.80. The minimum atomic E-state index is -0.924. The van der Waals surface area contributed by atoms with Crippen LogP contribution in [0.4, 0.5) is 5.69 Å². The molecule has 6 nitrogen and oxygen atoms in total. The summed E-state index contributed by atoms with van der Waals surface area (Å²) in [6, 6.07) is 24.6. The first-order valence-corrected chi connectivity index (χ1v) is 13.9. The third-order valence-corrected chi connectivity index (χ3v) is 9.70. The van der Waals surface area contributed by atoms with Crippen molar-refractivity contribution in [2.45, 2.75) is 12.8 Å². The summed E-state index contributed by atoms with van der Waals surface area (Å²) in [5.41, 5.74) is 10.3. The zero-order chi connectivity index (χ0) is 26.8. The quantitative estimate of drug-likeness (QED) is 0.173. The van der Waals surface area contributed by atoms with Crippen LogP contribution in [0.3, 0.4) is 0 Å². The summed E-state index contributed by atoms with van der Waals surface area (Å²) in [5.74, 6) is -1.84. The number of carbonyl (C=O) groups is 2. The summed E-state index contributed by atoms with van der Waals surface area (Å²) in [5, 5.41) is 28.3. The highest BCUT2D eigenvalue weighted by Gasteiger charge is 2.20. The number of carboxylic acid groups (broad SMARTS) is 2. The topological polar surface area (TPSA) is 124 Å². The molecule has 0 aliphatic heterocycles. The molecule has 0 fully saturated rings. The molecule has 3 aromatic heterocycles. The average Bonchev–Trinajstić information content (AvgIpc) is 3.62. The number of thiophene rings is 3. The number of nitriles is 1. The lowest BCUT2D eigenvalue weighted by Crippen LogP contribution is -1.99. The molecular weight excluding hydrogens is 537 g/mol. The number of aliphatic carboxylic acids is 2. The first-order valence-electron chi connectivity index (χ1n) is 11.5. The number of nitrogens with zero attached hydrogens (tertiary/aromatic N) is 1. The smallest absolute Gasteiger partial charge is 0.307 e. The second kappa shape index (κ2) is 10.6. The number of hydrogen-bond acceptors (Lipinski definition) is 7. The molecule has 5 aromatic rings. The predicted octanol–water partition coefficient (Wildman–Crippen LogP) is 7.25. The standard InChI is InChI=1S/C29H20N2O4S3/c30-15-16-3-1-4-17(9-16)24-11-19(13-26(32)33)28(37-24)22-7-8-23(36-22)29-20(14-27(34)35)12-25(38-29)18-5-2-6-21(31)10-18/h1-12H,13-14,31H2,(H,32,33)(H,34,35). The highest BCUT2D eigenvalue weighted by atomic mass is 32.1. The normalized spacial score (nSPS) is 10.8. The molecule has 0 unspecified atom stereocenters. The van der Waals surface area contributed by atoms with E-state index in [9.17, 15) is 25.1 Å². The second-order valence-corrected chi connectivity index (χ2v) is 11.7. The van der Waals surface area contributed by atoms with Crippen molar-refractivity contribution in [1.29, 1.82) is 5.26 Å². The molecule has 0 atom stereocenters. The van der Waals surface area contributed by atoms with Gasteiger partial charge in [0.05, 0.1) is 24.5 Å². The van der Waals surface area contributed by atoms with Crippen LogP contribution in [0.15, 0.2) is 72.8 Å². The van der Waals surface area contributed by atoms with Crippen molar-refractivity contribution in [1.82, 2.24) is 0 Å². The van der Waals surface area contributed by atoms with Gasteiger partial charge in [-0.05, 0) is 70.8 Å². The second-order valence-electron chi connectivity index (χ2n) is 8.55. The Morgan fingerprint density at radius 1 is 0.711 bits per heavy atom. The van der Waals surface area contributed by atoms with Gasteiger partial charge in [-0.1, -0.05) is 24.3 Å². The van der Waals surface area contributed by atoms with Crippen LogP contribution >= 0.6 is 34.0 Å². The summed E-state index contributed by atoms with van der Waals surface area (Å²) in [7, 11) is 0. The molecule has 4 N–H and O–H groups in total. The molecule has 0 amide bonds. The number of carboxylic acids is 2. The number of benzene rings is 2. The largest absolute Gasteiger partial charge is 0.481 e. The molecule has 3 heterocycles. The third kappa shape index (κ3) is 5.38. The fourth-order valence-electron chi connectivity index (χ4n) is 4.16. The zero-order valence-corrected chi connectivity index (χ0v) is 22.3. The monoisotopic (exact) mass is 556 g/mol. The SMILES string of the molecule is N#Cc1cccc(-c2cc(CC(=O)O)c(-c3ccc(-c4sc(-c5cccc(N)c5)cc4CC(=O)O)s3)s2)c1. The van der Waals surface area contributed by atoms with E-state index in [2.05, 4.69) is 6.07 Å². The van der Waals surface area contributed by atoms with E-state index in [0.717, 1.165) is 46.0 Å². The van der Waals surface area contributed by atoms with Gasteiger partial charge >= 0.3 is 11.9 Å². The highest BCUT2D eigenvalue weighted by molar-refractivity contribution is 7.28. The van der Waals surface area contributed by atoms with Crippen LogP contribution in [0, 0.1) is 11.3 Å². The van der Waals surface area contributed by atoms with Crippen LogP contribution in [0.5, 0.6) is 0 Å². The van der Waals surface area contributed by atoms with E-state index in [-0.39, 0.29) is 12.8 Å². The summed E-state index contributed by atoms with van der Waals surface area (Å²) in [6.45, 7) is 0. The Balaban J connectivity index is 1.57. The Hall–Kier alpha value is -4.23. The van der Waals surface area contributed by atoms with E-state index in [4.69, 9.17) is 5.73 Å². The number of hydrogen-bond donors (Lipinski definition) is 3. The number of nitrogen functional groups attached to an aromatic ring is 1. The summed E-state index contributed by atoms with van der Waals surface area (Å²) < 4.78 is 0. The van der Waals surface area contributed by atoms with Gasteiger partial charge < -0.3 is 15.9 Å². The van der Waals surface area contributed by atoms with Crippen molar-refractivity contribution < 1.29 is 19.8 Å². The first-order chi connectivity index (χ1) is 18.3. The van der Waals surface area contributed by atoms with Gasteiger partial charge in [-0.25, -0.2) is 0 Å². The van der Waals surface area contributed by atoms with Gasteiger partial charge in [0, 0.05) is 35.0 Å². The molecule has 0 aliphatic rings. The Bertz CT molecular complexity index is 1720. The Kier molecular flexibility index (Phi) is 7.11. The van der Waals surface area contributed by atoms with Crippen molar-refractivity contribution in [2.24, 2.45) is 0 Å². The lowest BCUT2D eigenvalue weighted by molar-refractivity contribution is -0.137. The van der Waals surface area contributed by atoms with Gasteiger partial charge in [-0.15, -0.1) is 34.0 Å². The van der Waals surface area contributed by atoms with Crippen LogP contribution in [0.1, 0.15) is 16.7 Å². The molecule has 0 aliphatic carbocycles. The van der Waals surface area contributed by atoms with Crippen LogP contribution in [-0.2, 0) is 22.4 Å². The molecule has 5 rings (SSSR count). The van der Waals surface area contributed by atoms with Crippen molar-refractivity contribution in [3.8, 4) is 46.5 Å². The number of nitrogens with two attached hydrogens (primary N) is 1. The maximum atomic E-state index is 11.6.